The Bertz CT molecular complexity index is 1830. The molecule has 2 aliphatic rings. The Labute approximate surface area is 251 Å². The molecule has 1 saturated heterocycles. The Morgan fingerprint density at radius 2 is 1.98 bits per heavy atom. The molecule has 1 amide bonds. The number of nitrogens with zero attached hydrogens (tertiary/aromatic N) is 6. The molecule has 3 aromatic heterocycles. The molecule has 1 atom stereocenters. The summed E-state index contributed by atoms with van der Waals surface area (Å²) in [4.78, 5) is 44.6. The number of hydrogen-bond acceptors (Lipinski definition) is 8. The van der Waals surface area contributed by atoms with E-state index in [0.29, 0.717) is 54.4 Å². The summed E-state index contributed by atoms with van der Waals surface area (Å²) in [7, 11) is 0. The molecule has 222 valence electrons. The number of aromatic nitrogens is 4. The van der Waals surface area contributed by atoms with E-state index < -0.39 is 17.3 Å². The number of nitrogens with one attached hydrogen (secondary N) is 1. The predicted molar refractivity (Wildman–Crippen MR) is 165 cm³/mol. The molecule has 0 saturated carbocycles. The Balaban J connectivity index is 1.67. The van der Waals surface area contributed by atoms with Gasteiger partial charge in [0.15, 0.2) is 5.65 Å². The summed E-state index contributed by atoms with van der Waals surface area (Å²) in [5.41, 5.74) is 1.13. The molecule has 43 heavy (non-hydrogen) atoms. The molecule has 2 aliphatic heterocycles. The number of carbonyl (C=O) groups excluding carboxylic acids is 1. The van der Waals surface area contributed by atoms with Gasteiger partial charge in [-0.15, -0.1) is 11.8 Å². The summed E-state index contributed by atoms with van der Waals surface area (Å²) >= 11 is 1.55. The lowest BCUT2D eigenvalue weighted by atomic mass is 10.1. The Kier molecular flexibility index (Phi) is 7.63. The van der Waals surface area contributed by atoms with E-state index in [0.717, 1.165) is 4.90 Å². The monoisotopic (exact) mass is 603 g/mol. The van der Waals surface area contributed by atoms with E-state index in [2.05, 4.69) is 21.9 Å². The number of carbonyl (C=O) groups is 1. The van der Waals surface area contributed by atoms with Gasteiger partial charge in [0.05, 0.1) is 16.8 Å². The number of hydrogen-bond donors (Lipinski definition) is 1. The van der Waals surface area contributed by atoms with Gasteiger partial charge in [-0.05, 0) is 49.2 Å². The van der Waals surface area contributed by atoms with Crippen molar-refractivity contribution in [3.8, 4) is 16.9 Å². The molecule has 0 aliphatic carbocycles. The molecule has 0 radical (unpaired) electrons. The Morgan fingerprint density at radius 3 is 2.72 bits per heavy atom. The second kappa shape index (κ2) is 11.4. The highest BCUT2D eigenvalue weighted by atomic mass is 32.2. The first-order valence-electron chi connectivity index (χ1n) is 14.1. The zero-order chi connectivity index (χ0) is 30.4. The molecular weight excluding hydrogens is 572 g/mol. The van der Waals surface area contributed by atoms with Gasteiger partial charge in [0.2, 0.25) is 5.91 Å². The lowest BCUT2D eigenvalue weighted by molar-refractivity contribution is -0.126. The first-order chi connectivity index (χ1) is 20.7. The number of pyridine rings is 2. The van der Waals surface area contributed by atoms with Crippen LogP contribution >= 0.6 is 11.8 Å². The fourth-order valence-electron chi connectivity index (χ4n) is 5.70. The quantitative estimate of drug-likeness (QED) is 0.328. The third-order valence-electron chi connectivity index (χ3n) is 7.78. The zero-order valence-electron chi connectivity index (χ0n) is 24.1. The summed E-state index contributed by atoms with van der Waals surface area (Å²) in [6.07, 6.45) is 2.99. The lowest BCUT2D eigenvalue weighted by Crippen LogP contribution is -2.54. The third kappa shape index (κ3) is 5.13. The van der Waals surface area contributed by atoms with E-state index in [1.807, 2.05) is 31.7 Å². The molecule has 4 aromatic rings. The van der Waals surface area contributed by atoms with Crippen LogP contribution < -0.4 is 15.9 Å². The number of thioether (sulfide) groups is 1. The van der Waals surface area contributed by atoms with Crippen molar-refractivity contribution in [3.63, 3.8) is 0 Å². The third-order valence-corrected chi connectivity index (χ3v) is 8.83. The maximum atomic E-state index is 16.0. The van der Waals surface area contributed by atoms with Crippen molar-refractivity contribution >= 4 is 40.2 Å². The average Bonchev–Trinajstić information content (AvgIpc) is 3.00. The number of rotatable bonds is 3. The van der Waals surface area contributed by atoms with Gasteiger partial charge in [0.25, 0.3) is 0 Å². The van der Waals surface area contributed by atoms with Crippen LogP contribution in [0.4, 0.5) is 20.3 Å². The number of halogens is 2. The van der Waals surface area contributed by atoms with Gasteiger partial charge in [-0.2, -0.15) is 4.98 Å². The summed E-state index contributed by atoms with van der Waals surface area (Å²) < 4.78 is 32.6. The molecule has 1 aromatic carbocycles. The van der Waals surface area contributed by atoms with E-state index in [9.17, 15) is 9.59 Å². The Hall–Kier alpha value is -4.32. The smallest absolute Gasteiger partial charge is 0.355 e. The van der Waals surface area contributed by atoms with Gasteiger partial charge in [-0.1, -0.05) is 20.4 Å². The summed E-state index contributed by atoms with van der Waals surface area (Å²) in [6.45, 7) is 11.1. The van der Waals surface area contributed by atoms with E-state index in [1.165, 1.54) is 28.8 Å². The SMILES string of the molecule is C=CC(=O)N1CCN(c2nc(=O)n3c4nc(c(F)cc24)-c2cc(ccc2F)NCCSc2ccnc(C(C)C)c2-3)[C@@H](C)C1. The number of anilines is 2. The zero-order valence-corrected chi connectivity index (χ0v) is 24.9. The van der Waals surface area contributed by atoms with Crippen LogP contribution in [0.25, 0.3) is 28.0 Å². The second-order valence-corrected chi connectivity index (χ2v) is 12.1. The highest BCUT2D eigenvalue weighted by Gasteiger charge is 2.31. The van der Waals surface area contributed by atoms with Crippen molar-refractivity contribution < 1.29 is 13.6 Å². The van der Waals surface area contributed by atoms with Crippen molar-refractivity contribution in [1.29, 1.82) is 0 Å². The Morgan fingerprint density at radius 1 is 1.16 bits per heavy atom. The largest absolute Gasteiger partial charge is 0.384 e. The molecule has 6 rings (SSSR count). The van der Waals surface area contributed by atoms with Gasteiger partial charge >= 0.3 is 5.69 Å². The molecule has 12 heteroatoms. The molecule has 0 unspecified atom stereocenters. The van der Waals surface area contributed by atoms with E-state index in [-0.39, 0.29) is 40.6 Å². The minimum atomic E-state index is -0.746. The van der Waals surface area contributed by atoms with E-state index >= 15 is 8.78 Å². The molecular formula is C31H31F2N7O2S. The normalized spacial score (nSPS) is 16.7. The van der Waals surface area contributed by atoms with E-state index in [4.69, 9.17) is 4.98 Å². The molecule has 9 nitrogen and oxygen atoms in total. The van der Waals surface area contributed by atoms with Crippen LogP contribution in [-0.2, 0) is 4.79 Å². The fourth-order valence-corrected chi connectivity index (χ4v) is 6.62. The summed E-state index contributed by atoms with van der Waals surface area (Å²) in [5, 5.41) is 3.58. The first kappa shape index (κ1) is 28.8. The van der Waals surface area contributed by atoms with Crippen LogP contribution in [0.3, 0.4) is 0 Å². The van der Waals surface area contributed by atoms with Crippen molar-refractivity contribution in [2.75, 3.05) is 42.1 Å². The van der Waals surface area contributed by atoms with Crippen LogP contribution in [-0.4, -0.2) is 68.3 Å². The van der Waals surface area contributed by atoms with Crippen LogP contribution in [0.5, 0.6) is 0 Å². The topological polar surface area (TPSA) is 96.3 Å². The summed E-state index contributed by atoms with van der Waals surface area (Å²) in [6, 6.07) is 7.30. The minimum Gasteiger partial charge on any atom is -0.384 e. The van der Waals surface area contributed by atoms with Crippen LogP contribution in [0, 0.1) is 11.6 Å². The van der Waals surface area contributed by atoms with Crippen molar-refractivity contribution in [2.45, 2.75) is 37.6 Å². The van der Waals surface area contributed by atoms with Crippen molar-refractivity contribution in [3.05, 3.63) is 77.0 Å². The van der Waals surface area contributed by atoms with Gasteiger partial charge in [-0.3, -0.25) is 9.78 Å². The van der Waals surface area contributed by atoms with Gasteiger partial charge in [-0.25, -0.2) is 23.1 Å². The molecule has 1 N–H and O–H groups in total. The first-order valence-corrected chi connectivity index (χ1v) is 15.1. The molecule has 4 bridgehead atoms. The highest BCUT2D eigenvalue weighted by molar-refractivity contribution is 7.99. The minimum absolute atomic E-state index is 0.0194. The van der Waals surface area contributed by atoms with Crippen molar-refractivity contribution in [2.24, 2.45) is 0 Å². The summed E-state index contributed by atoms with van der Waals surface area (Å²) in [5.74, 6) is -0.730. The van der Waals surface area contributed by atoms with Crippen LogP contribution in [0.15, 0.2) is 58.9 Å². The van der Waals surface area contributed by atoms with Crippen LogP contribution in [0.2, 0.25) is 0 Å². The number of amides is 1. The molecule has 1 fully saturated rings. The standard InChI is InChI=1S/C31H31F2N7O2S/c1-5-25(41)38-11-12-39(18(4)16-38)29-21-15-23(33)27-20-14-19(6-7-22(20)32)34-10-13-43-24-8-9-35-26(17(2)3)28(24)40(30(21)36-27)31(42)37-29/h5-9,14-15,17-18,34H,1,10-13,16H2,2-4H3/t18-/m0/s1. The van der Waals surface area contributed by atoms with E-state index in [1.54, 1.807) is 28.9 Å². The number of benzene rings is 1. The number of piperazine rings is 1. The van der Waals surface area contributed by atoms with Gasteiger partial charge < -0.3 is 15.1 Å². The van der Waals surface area contributed by atoms with Crippen molar-refractivity contribution in [1.82, 2.24) is 24.4 Å². The molecule has 0 spiro atoms. The van der Waals surface area contributed by atoms with Gasteiger partial charge in [0, 0.05) is 60.3 Å². The average molecular weight is 604 g/mol. The second-order valence-electron chi connectivity index (χ2n) is 10.9. The van der Waals surface area contributed by atoms with Gasteiger partial charge in [0.1, 0.15) is 23.1 Å². The molecule has 5 heterocycles. The highest BCUT2D eigenvalue weighted by Crippen LogP contribution is 2.37. The fraction of sp³-hybridized carbons (Fsp3) is 0.323. The lowest BCUT2D eigenvalue weighted by Gasteiger charge is -2.40. The maximum absolute atomic E-state index is 16.0. The predicted octanol–water partition coefficient (Wildman–Crippen LogP) is 4.99. The number of fused-ring (bicyclic) bond motifs is 6. The maximum Gasteiger partial charge on any atom is 0.355 e. The van der Waals surface area contributed by atoms with Crippen LogP contribution in [0.1, 0.15) is 32.4 Å².